The Morgan fingerprint density at radius 1 is 1.31 bits per heavy atom. The minimum atomic E-state index is -0.148. The van der Waals surface area contributed by atoms with Crippen LogP contribution in [0.2, 0.25) is 0 Å². The highest BCUT2D eigenvalue weighted by Gasteiger charge is 2.42. The molecule has 1 unspecified atom stereocenters. The molecule has 16 heavy (non-hydrogen) atoms. The summed E-state index contributed by atoms with van der Waals surface area (Å²) in [5.74, 6) is -0.114. The van der Waals surface area contributed by atoms with Crippen LogP contribution in [0.5, 0.6) is 0 Å². The Balaban J connectivity index is 1.82. The standard InChI is InChI=1S/C13H16FNO/c14-11-5-2-1-4-10(11)12-6-9-16-13(15-12)7-3-8-13/h1-2,4-5,12,15H,3,6-9H2. The molecular formula is C13H16FNO. The predicted molar refractivity (Wildman–Crippen MR) is 59.4 cm³/mol. The van der Waals surface area contributed by atoms with Crippen LogP contribution in [-0.2, 0) is 4.74 Å². The van der Waals surface area contributed by atoms with Crippen LogP contribution in [0.4, 0.5) is 4.39 Å². The van der Waals surface area contributed by atoms with Gasteiger partial charge in [0.2, 0.25) is 0 Å². The SMILES string of the molecule is Fc1ccccc1C1CCOC2(CCC2)N1. The average Bonchev–Trinajstić information content (AvgIpc) is 2.28. The van der Waals surface area contributed by atoms with Gasteiger partial charge in [-0.05, 0) is 31.7 Å². The molecule has 2 aliphatic rings. The lowest BCUT2D eigenvalue weighted by Gasteiger charge is -2.48. The Morgan fingerprint density at radius 2 is 2.12 bits per heavy atom. The number of halogens is 1. The van der Waals surface area contributed by atoms with Crippen molar-refractivity contribution >= 4 is 0 Å². The maximum atomic E-state index is 13.7. The molecule has 3 heteroatoms. The van der Waals surface area contributed by atoms with E-state index < -0.39 is 0 Å². The largest absolute Gasteiger partial charge is 0.361 e. The lowest BCUT2D eigenvalue weighted by molar-refractivity contribution is -0.157. The van der Waals surface area contributed by atoms with Gasteiger partial charge in [-0.3, -0.25) is 5.32 Å². The normalized spacial score (nSPS) is 27.7. The Bertz CT molecular complexity index is 389. The first kappa shape index (κ1) is 10.2. The van der Waals surface area contributed by atoms with E-state index in [1.165, 1.54) is 12.5 Å². The highest BCUT2D eigenvalue weighted by molar-refractivity contribution is 5.22. The molecule has 1 aliphatic heterocycles. The number of nitrogens with one attached hydrogen (secondary N) is 1. The van der Waals surface area contributed by atoms with E-state index in [4.69, 9.17) is 4.74 Å². The third-order valence-corrected chi connectivity index (χ3v) is 3.66. The van der Waals surface area contributed by atoms with E-state index in [-0.39, 0.29) is 17.6 Å². The van der Waals surface area contributed by atoms with Crippen LogP contribution in [0, 0.1) is 5.82 Å². The molecule has 1 heterocycles. The van der Waals surface area contributed by atoms with Crippen molar-refractivity contribution in [1.29, 1.82) is 0 Å². The van der Waals surface area contributed by atoms with Crippen molar-refractivity contribution in [3.63, 3.8) is 0 Å². The van der Waals surface area contributed by atoms with Crippen molar-refractivity contribution in [3.8, 4) is 0 Å². The Labute approximate surface area is 94.8 Å². The number of rotatable bonds is 1. The first-order chi connectivity index (χ1) is 7.79. The van der Waals surface area contributed by atoms with Gasteiger partial charge in [0.05, 0.1) is 6.61 Å². The molecule has 0 aromatic heterocycles. The van der Waals surface area contributed by atoms with Gasteiger partial charge in [0, 0.05) is 11.6 Å². The summed E-state index contributed by atoms with van der Waals surface area (Å²) in [6, 6.07) is 7.13. The monoisotopic (exact) mass is 221 g/mol. The van der Waals surface area contributed by atoms with E-state index in [0.717, 1.165) is 31.4 Å². The second kappa shape index (κ2) is 3.82. The molecule has 1 atom stereocenters. The zero-order valence-corrected chi connectivity index (χ0v) is 9.21. The lowest BCUT2D eigenvalue weighted by atomic mass is 9.85. The summed E-state index contributed by atoms with van der Waals surface area (Å²) in [6.07, 6.45) is 4.16. The summed E-state index contributed by atoms with van der Waals surface area (Å²) in [5.41, 5.74) is 0.627. The molecule has 1 aromatic rings. The molecule has 1 saturated carbocycles. The molecule has 0 radical (unpaired) electrons. The van der Waals surface area contributed by atoms with Crippen molar-refractivity contribution < 1.29 is 9.13 Å². The number of benzene rings is 1. The predicted octanol–water partition coefficient (Wildman–Crippen LogP) is 2.76. The molecule has 1 N–H and O–H groups in total. The van der Waals surface area contributed by atoms with Gasteiger partial charge in [0.15, 0.2) is 0 Å². The third kappa shape index (κ3) is 1.64. The van der Waals surface area contributed by atoms with E-state index in [1.807, 2.05) is 12.1 Å². The molecular weight excluding hydrogens is 205 g/mol. The van der Waals surface area contributed by atoms with Gasteiger partial charge >= 0.3 is 0 Å². The Morgan fingerprint density at radius 3 is 2.81 bits per heavy atom. The average molecular weight is 221 g/mol. The molecule has 0 bridgehead atoms. The Kier molecular flexibility index (Phi) is 2.45. The van der Waals surface area contributed by atoms with Gasteiger partial charge in [0.25, 0.3) is 0 Å². The second-order valence-corrected chi connectivity index (χ2v) is 4.70. The van der Waals surface area contributed by atoms with Crippen LogP contribution in [0.3, 0.4) is 0 Å². The topological polar surface area (TPSA) is 21.3 Å². The fourth-order valence-corrected chi connectivity index (χ4v) is 2.58. The second-order valence-electron chi connectivity index (χ2n) is 4.70. The number of hydrogen-bond acceptors (Lipinski definition) is 2. The minimum Gasteiger partial charge on any atom is -0.361 e. The van der Waals surface area contributed by atoms with Crippen LogP contribution < -0.4 is 5.32 Å². The van der Waals surface area contributed by atoms with Crippen molar-refractivity contribution in [3.05, 3.63) is 35.6 Å². The molecule has 1 spiro atoms. The number of ether oxygens (including phenoxy) is 1. The summed E-state index contributed by atoms with van der Waals surface area (Å²) >= 11 is 0. The van der Waals surface area contributed by atoms with Gasteiger partial charge in [0.1, 0.15) is 11.5 Å². The van der Waals surface area contributed by atoms with Gasteiger partial charge in [-0.15, -0.1) is 0 Å². The maximum Gasteiger partial charge on any atom is 0.127 e. The van der Waals surface area contributed by atoms with E-state index in [1.54, 1.807) is 6.07 Å². The summed E-state index contributed by atoms with van der Waals surface area (Å²) < 4.78 is 19.4. The highest BCUT2D eigenvalue weighted by atomic mass is 19.1. The van der Waals surface area contributed by atoms with E-state index in [2.05, 4.69) is 5.32 Å². The van der Waals surface area contributed by atoms with Crippen molar-refractivity contribution in [2.75, 3.05) is 6.61 Å². The molecule has 2 fully saturated rings. The fraction of sp³-hybridized carbons (Fsp3) is 0.538. The maximum absolute atomic E-state index is 13.7. The quantitative estimate of drug-likeness (QED) is 0.787. The molecule has 1 aromatic carbocycles. The molecule has 2 nitrogen and oxygen atoms in total. The van der Waals surface area contributed by atoms with Gasteiger partial charge in [-0.1, -0.05) is 18.2 Å². The lowest BCUT2D eigenvalue weighted by Crippen LogP contribution is -2.57. The van der Waals surface area contributed by atoms with Crippen LogP contribution in [0.1, 0.15) is 37.3 Å². The van der Waals surface area contributed by atoms with Crippen LogP contribution in [-0.4, -0.2) is 12.3 Å². The molecule has 0 amide bonds. The zero-order chi connectivity index (χ0) is 11.0. The summed E-state index contributed by atoms with van der Waals surface area (Å²) in [5, 5.41) is 3.46. The first-order valence-electron chi connectivity index (χ1n) is 5.95. The van der Waals surface area contributed by atoms with Crippen LogP contribution in [0.25, 0.3) is 0 Å². The summed E-state index contributed by atoms with van der Waals surface area (Å²) in [7, 11) is 0. The van der Waals surface area contributed by atoms with E-state index in [0.29, 0.717) is 0 Å². The van der Waals surface area contributed by atoms with Gasteiger partial charge in [-0.2, -0.15) is 0 Å². The Hall–Kier alpha value is -0.930. The fourth-order valence-electron chi connectivity index (χ4n) is 2.58. The summed E-state index contributed by atoms with van der Waals surface area (Å²) in [4.78, 5) is 0. The van der Waals surface area contributed by atoms with Gasteiger partial charge < -0.3 is 4.74 Å². The molecule has 1 saturated heterocycles. The molecule has 86 valence electrons. The number of hydrogen-bond donors (Lipinski definition) is 1. The van der Waals surface area contributed by atoms with Gasteiger partial charge in [-0.25, -0.2) is 4.39 Å². The third-order valence-electron chi connectivity index (χ3n) is 3.66. The highest BCUT2D eigenvalue weighted by Crippen LogP contribution is 2.39. The zero-order valence-electron chi connectivity index (χ0n) is 9.21. The van der Waals surface area contributed by atoms with E-state index >= 15 is 0 Å². The van der Waals surface area contributed by atoms with E-state index in [9.17, 15) is 4.39 Å². The smallest absolute Gasteiger partial charge is 0.127 e. The van der Waals surface area contributed by atoms with Crippen molar-refractivity contribution in [2.24, 2.45) is 0 Å². The van der Waals surface area contributed by atoms with Crippen molar-refractivity contribution in [2.45, 2.75) is 37.5 Å². The minimum absolute atomic E-state index is 0.107. The first-order valence-corrected chi connectivity index (χ1v) is 5.95. The van der Waals surface area contributed by atoms with Crippen LogP contribution in [0.15, 0.2) is 24.3 Å². The summed E-state index contributed by atoms with van der Waals surface area (Å²) in [6.45, 7) is 0.728. The molecule has 3 rings (SSSR count). The van der Waals surface area contributed by atoms with Crippen LogP contribution >= 0.6 is 0 Å². The molecule has 1 aliphatic carbocycles. The van der Waals surface area contributed by atoms with Crippen molar-refractivity contribution in [1.82, 2.24) is 5.32 Å².